The van der Waals surface area contributed by atoms with Crippen molar-refractivity contribution in [2.45, 2.75) is 19.4 Å². The minimum Gasteiger partial charge on any atom is -0.493 e. The molecule has 8 nitrogen and oxygen atoms in total. The second-order valence-corrected chi connectivity index (χ2v) is 7.95. The molecule has 35 heavy (non-hydrogen) atoms. The first-order valence-corrected chi connectivity index (χ1v) is 11.1. The predicted molar refractivity (Wildman–Crippen MR) is 131 cm³/mol. The molecule has 0 unspecified atom stereocenters. The van der Waals surface area contributed by atoms with Crippen molar-refractivity contribution in [2.75, 3.05) is 21.3 Å². The molecule has 4 aromatic rings. The lowest BCUT2D eigenvalue weighted by Crippen LogP contribution is -2.30. The minimum atomic E-state index is -0.533. The lowest BCUT2D eigenvalue weighted by atomic mass is 10.0. The van der Waals surface area contributed by atoms with Gasteiger partial charge < -0.3 is 24.1 Å². The van der Waals surface area contributed by atoms with Crippen LogP contribution < -0.4 is 19.5 Å². The molecule has 0 bridgehead atoms. The van der Waals surface area contributed by atoms with Crippen LogP contribution in [-0.2, 0) is 6.42 Å². The fourth-order valence-corrected chi connectivity index (χ4v) is 3.70. The summed E-state index contributed by atoms with van der Waals surface area (Å²) in [6.07, 6.45) is 0.481. The van der Waals surface area contributed by atoms with Crippen LogP contribution in [0.3, 0.4) is 0 Å². The highest BCUT2D eigenvalue weighted by Gasteiger charge is 2.24. The average Bonchev–Trinajstić information content (AvgIpc) is 3.38. The summed E-state index contributed by atoms with van der Waals surface area (Å²) in [6.45, 7) is 1.98. The molecule has 1 heterocycles. The number of nitrogens with one attached hydrogen (secondary N) is 1. The van der Waals surface area contributed by atoms with E-state index in [9.17, 15) is 4.79 Å². The molecule has 0 saturated heterocycles. The molecule has 180 valence electrons. The molecule has 3 aromatic carbocycles. The zero-order valence-electron chi connectivity index (χ0n) is 20.1. The third-order valence-corrected chi connectivity index (χ3v) is 5.56. The van der Waals surface area contributed by atoms with Crippen LogP contribution in [0, 0.1) is 6.92 Å². The highest BCUT2D eigenvalue weighted by atomic mass is 16.5. The lowest BCUT2D eigenvalue weighted by molar-refractivity contribution is 0.0928. The van der Waals surface area contributed by atoms with Gasteiger partial charge in [-0.05, 0) is 36.8 Å². The van der Waals surface area contributed by atoms with E-state index in [2.05, 4.69) is 15.5 Å². The Hall–Kier alpha value is -4.33. The summed E-state index contributed by atoms with van der Waals surface area (Å²) in [7, 11) is 4.62. The predicted octanol–water partition coefficient (Wildman–Crippen LogP) is 4.78. The number of amides is 1. The smallest absolute Gasteiger partial charge is 0.251 e. The molecule has 1 atom stereocenters. The highest BCUT2D eigenvalue weighted by molar-refractivity contribution is 5.94. The SMILES string of the molecule is COc1cc(-c2noc([C@H](Cc3ccccc3)NC(=O)c3ccc(C)cc3)n2)cc(OC)c1OC. The van der Waals surface area contributed by atoms with E-state index in [0.29, 0.717) is 40.6 Å². The summed E-state index contributed by atoms with van der Waals surface area (Å²) in [4.78, 5) is 17.6. The van der Waals surface area contributed by atoms with E-state index in [4.69, 9.17) is 18.7 Å². The highest BCUT2D eigenvalue weighted by Crippen LogP contribution is 2.40. The van der Waals surface area contributed by atoms with Crippen LogP contribution in [0.4, 0.5) is 0 Å². The van der Waals surface area contributed by atoms with Gasteiger partial charge >= 0.3 is 0 Å². The third kappa shape index (κ3) is 5.43. The van der Waals surface area contributed by atoms with E-state index >= 15 is 0 Å². The Kier molecular flexibility index (Phi) is 7.30. The third-order valence-electron chi connectivity index (χ3n) is 5.56. The Labute approximate surface area is 203 Å². The first-order chi connectivity index (χ1) is 17.0. The molecule has 0 aliphatic heterocycles. The number of benzene rings is 3. The first kappa shape index (κ1) is 23.8. The zero-order chi connectivity index (χ0) is 24.8. The maximum Gasteiger partial charge on any atom is 0.251 e. The molecule has 8 heteroatoms. The van der Waals surface area contributed by atoms with E-state index in [0.717, 1.165) is 11.1 Å². The molecule has 1 aromatic heterocycles. The van der Waals surface area contributed by atoms with Gasteiger partial charge in [0.1, 0.15) is 6.04 Å². The van der Waals surface area contributed by atoms with Gasteiger partial charge in [-0.25, -0.2) is 0 Å². The van der Waals surface area contributed by atoms with Crippen molar-refractivity contribution in [1.82, 2.24) is 15.5 Å². The van der Waals surface area contributed by atoms with Crippen LogP contribution in [0.5, 0.6) is 17.2 Å². The Morgan fingerprint density at radius 3 is 2.20 bits per heavy atom. The number of ether oxygens (including phenoxy) is 3. The number of aromatic nitrogens is 2. The molecular formula is C27H27N3O5. The summed E-state index contributed by atoms with van der Waals surface area (Å²) >= 11 is 0. The normalized spacial score (nSPS) is 11.5. The van der Waals surface area contributed by atoms with E-state index in [1.807, 2.05) is 49.4 Å². The number of hydrogen-bond donors (Lipinski definition) is 1. The van der Waals surface area contributed by atoms with E-state index in [1.54, 1.807) is 38.5 Å². The Balaban J connectivity index is 1.66. The molecule has 0 aliphatic rings. The van der Waals surface area contributed by atoms with Crippen LogP contribution in [0.25, 0.3) is 11.4 Å². The van der Waals surface area contributed by atoms with Crippen molar-refractivity contribution in [2.24, 2.45) is 0 Å². The molecule has 1 amide bonds. The Morgan fingerprint density at radius 2 is 1.60 bits per heavy atom. The van der Waals surface area contributed by atoms with Gasteiger partial charge in [0.15, 0.2) is 11.5 Å². The van der Waals surface area contributed by atoms with Crippen LogP contribution in [0.2, 0.25) is 0 Å². The molecule has 4 rings (SSSR count). The van der Waals surface area contributed by atoms with Gasteiger partial charge in [-0.2, -0.15) is 4.98 Å². The van der Waals surface area contributed by atoms with Gasteiger partial charge in [0.05, 0.1) is 21.3 Å². The number of rotatable bonds is 9. The van der Waals surface area contributed by atoms with Crippen molar-refractivity contribution in [1.29, 1.82) is 0 Å². The number of nitrogens with zero attached hydrogens (tertiary/aromatic N) is 2. The van der Waals surface area contributed by atoms with Crippen molar-refractivity contribution in [3.05, 3.63) is 89.3 Å². The molecule has 0 saturated carbocycles. The number of methoxy groups -OCH3 is 3. The van der Waals surface area contributed by atoms with Crippen molar-refractivity contribution < 1.29 is 23.5 Å². The summed E-state index contributed by atoms with van der Waals surface area (Å²) in [5.41, 5.74) is 3.28. The van der Waals surface area contributed by atoms with Crippen LogP contribution in [0.1, 0.15) is 33.4 Å². The second-order valence-electron chi connectivity index (χ2n) is 7.95. The van der Waals surface area contributed by atoms with Gasteiger partial charge in [-0.15, -0.1) is 0 Å². The molecule has 0 spiro atoms. The summed E-state index contributed by atoms with van der Waals surface area (Å²) in [6, 6.07) is 20.1. The van der Waals surface area contributed by atoms with Crippen LogP contribution in [-0.4, -0.2) is 37.4 Å². The fourth-order valence-electron chi connectivity index (χ4n) is 3.70. The summed E-state index contributed by atoms with van der Waals surface area (Å²) in [5, 5.41) is 7.20. The van der Waals surface area contributed by atoms with E-state index < -0.39 is 6.04 Å². The molecule has 1 N–H and O–H groups in total. The lowest BCUT2D eigenvalue weighted by Gasteiger charge is -2.15. The standard InChI is InChI=1S/C27H27N3O5/c1-17-10-12-19(13-11-17)26(31)28-21(14-18-8-6-5-7-9-18)27-29-25(30-35-27)20-15-22(32-2)24(34-4)23(16-20)33-3/h5-13,15-16,21H,14H2,1-4H3,(H,28,31)/t21-/m0/s1. The van der Waals surface area contributed by atoms with E-state index in [1.165, 1.54) is 7.11 Å². The maximum absolute atomic E-state index is 13.0. The van der Waals surface area contributed by atoms with Gasteiger partial charge in [0, 0.05) is 17.5 Å². The Morgan fingerprint density at radius 1 is 0.943 bits per heavy atom. The molecule has 0 aliphatic carbocycles. The second kappa shape index (κ2) is 10.7. The quantitative estimate of drug-likeness (QED) is 0.374. The first-order valence-electron chi connectivity index (χ1n) is 11.1. The van der Waals surface area contributed by atoms with Gasteiger partial charge in [-0.3, -0.25) is 4.79 Å². The van der Waals surface area contributed by atoms with Crippen molar-refractivity contribution in [3.8, 4) is 28.6 Å². The number of carbonyl (C=O) groups excluding carboxylic acids is 1. The fraction of sp³-hybridized carbons (Fsp3) is 0.222. The number of hydrogen-bond acceptors (Lipinski definition) is 7. The van der Waals surface area contributed by atoms with Gasteiger partial charge in [0.25, 0.3) is 5.91 Å². The Bertz CT molecular complexity index is 1260. The van der Waals surface area contributed by atoms with Crippen molar-refractivity contribution in [3.63, 3.8) is 0 Å². The van der Waals surface area contributed by atoms with Gasteiger partial charge in [0.2, 0.25) is 17.5 Å². The van der Waals surface area contributed by atoms with Gasteiger partial charge in [-0.1, -0.05) is 53.2 Å². The molecule has 0 fully saturated rings. The van der Waals surface area contributed by atoms with E-state index in [-0.39, 0.29) is 11.8 Å². The summed E-state index contributed by atoms with van der Waals surface area (Å²) < 4.78 is 21.9. The number of aryl methyl sites for hydroxylation is 1. The zero-order valence-corrected chi connectivity index (χ0v) is 20.1. The maximum atomic E-state index is 13.0. The topological polar surface area (TPSA) is 95.7 Å². The minimum absolute atomic E-state index is 0.224. The van der Waals surface area contributed by atoms with Crippen LogP contribution >= 0.6 is 0 Å². The largest absolute Gasteiger partial charge is 0.493 e. The average molecular weight is 474 g/mol. The molecule has 0 radical (unpaired) electrons. The molecular weight excluding hydrogens is 446 g/mol. The number of carbonyl (C=O) groups is 1. The monoisotopic (exact) mass is 473 g/mol. The summed E-state index contributed by atoms with van der Waals surface area (Å²) in [5.74, 6) is 1.82. The van der Waals surface area contributed by atoms with Crippen LogP contribution in [0.15, 0.2) is 71.3 Å². The van der Waals surface area contributed by atoms with Crippen molar-refractivity contribution >= 4 is 5.91 Å².